The van der Waals surface area contributed by atoms with E-state index >= 15 is 0 Å². The van der Waals surface area contributed by atoms with Crippen LogP contribution in [0.15, 0.2) is 53.4 Å². The molecule has 0 aliphatic carbocycles. The number of esters is 1. The van der Waals surface area contributed by atoms with Crippen LogP contribution >= 0.6 is 12.4 Å². The van der Waals surface area contributed by atoms with Crippen LogP contribution in [0.4, 0.5) is 4.39 Å². The molecule has 0 aromatic heterocycles. The molecule has 2 aromatic rings. The third-order valence-electron chi connectivity index (χ3n) is 5.29. The summed E-state index contributed by atoms with van der Waals surface area (Å²) in [5.41, 5.74) is 1.16. The number of hydrogen-bond donors (Lipinski definition) is 0. The molecule has 0 radical (unpaired) electrons. The maximum absolute atomic E-state index is 13.2. The van der Waals surface area contributed by atoms with E-state index in [-0.39, 0.29) is 35.3 Å². The van der Waals surface area contributed by atoms with Crippen molar-refractivity contribution in [1.82, 2.24) is 4.90 Å². The average Bonchev–Trinajstić information content (AvgIpc) is 2.74. The van der Waals surface area contributed by atoms with Crippen molar-refractivity contribution >= 4 is 28.2 Å². The highest BCUT2D eigenvalue weighted by molar-refractivity contribution is 7.92. The van der Waals surface area contributed by atoms with E-state index in [4.69, 9.17) is 4.74 Å². The molecule has 8 heteroatoms. The lowest BCUT2D eigenvalue weighted by atomic mass is 10.1. The van der Waals surface area contributed by atoms with Crippen molar-refractivity contribution in [3.8, 4) is 0 Å². The van der Waals surface area contributed by atoms with E-state index in [1.165, 1.54) is 24.3 Å². The summed E-state index contributed by atoms with van der Waals surface area (Å²) in [5, 5.41) is -0.514. The highest BCUT2D eigenvalue weighted by atomic mass is 35.5. The zero-order chi connectivity index (χ0) is 20.9. The van der Waals surface area contributed by atoms with Gasteiger partial charge in [0.1, 0.15) is 5.82 Å². The number of sulfone groups is 1. The van der Waals surface area contributed by atoms with Gasteiger partial charge >= 0.3 is 5.97 Å². The molecule has 0 bridgehead atoms. The monoisotopic (exact) mass is 455 g/mol. The van der Waals surface area contributed by atoms with E-state index < -0.39 is 21.1 Å². The van der Waals surface area contributed by atoms with Crippen LogP contribution in [0.5, 0.6) is 0 Å². The summed E-state index contributed by atoms with van der Waals surface area (Å²) in [5.74, 6) is -0.855. The van der Waals surface area contributed by atoms with Gasteiger partial charge in [-0.15, -0.1) is 12.4 Å². The van der Waals surface area contributed by atoms with Crippen molar-refractivity contribution in [2.45, 2.75) is 36.3 Å². The van der Waals surface area contributed by atoms with Gasteiger partial charge in [0.2, 0.25) is 0 Å². The number of ether oxygens (including phenoxy) is 1. The van der Waals surface area contributed by atoms with Gasteiger partial charge in [0, 0.05) is 6.54 Å². The Hall–Kier alpha value is -1.96. The number of carbonyl (C=O) groups is 1. The van der Waals surface area contributed by atoms with Crippen molar-refractivity contribution in [2.75, 3.05) is 26.2 Å². The molecule has 1 aliphatic rings. The van der Waals surface area contributed by atoms with Gasteiger partial charge in [-0.05, 0) is 69.1 Å². The predicted octanol–water partition coefficient (Wildman–Crippen LogP) is 3.91. The summed E-state index contributed by atoms with van der Waals surface area (Å²) < 4.78 is 44.4. The number of hydrogen-bond acceptors (Lipinski definition) is 5. The molecule has 1 aliphatic heterocycles. The van der Waals surface area contributed by atoms with Crippen LogP contribution < -0.4 is 0 Å². The standard InChI is InChI=1S/C22H26FNO4S.ClH/c1-2-28-22(25)20-5-3-4-6-21(20)29(26,27)19-12-15-24(16-13-19)14-11-17-7-9-18(23)10-8-17;/h3-10,19H,2,11-16H2,1H3;1H. The highest BCUT2D eigenvalue weighted by Gasteiger charge is 2.34. The molecule has 1 fully saturated rings. The second kappa shape index (κ2) is 10.9. The topological polar surface area (TPSA) is 63.7 Å². The first-order chi connectivity index (χ1) is 13.9. The molecule has 164 valence electrons. The lowest BCUT2D eigenvalue weighted by molar-refractivity contribution is 0.0522. The number of carbonyl (C=O) groups excluding carboxylic acids is 1. The highest BCUT2D eigenvalue weighted by Crippen LogP contribution is 2.27. The van der Waals surface area contributed by atoms with Gasteiger partial charge in [-0.3, -0.25) is 0 Å². The van der Waals surface area contributed by atoms with Crippen molar-refractivity contribution in [3.05, 3.63) is 65.5 Å². The first-order valence-electron chi connectivity index (χ1n) is 9.88. The summed E-state index contributed by atoms with van der Waals surface area (Å²) in [6.07, 6.45) is 1.83. The van der Waals surface area contributed by atoms with E-state index in [0.29, 0.717) is 25.9 Å². The SMILES string of the molecule is CCOC(=O)c1ccccc1S(=O)(=O)C1CCN(CCc2ccc(F)cc2)CC1.Cl. The van der Waals surface area contributed by atoms with Gasteiger partial charge in [0.15, 0.2) is 9.84 Å². The average molecular weight is 456 g/mol. The second-order valence-electron chi connectivity index (χ2n) is 7.18. The third kappa shape index (κ3) is 5.80. The van der Waals surface area contributed by atoms with Crippen LogP contribution in [-0.2, 0) is 21.0 Å². The van der Waals surface area contributed by atoms with Gasteiger partial charge < -0.3 is 9.64 Å². The van der Waals surface area contributed by atoms with Crippen molar-refractivity contribution in [2.24, 2.45) is 0 Å². The van der Waals surface area contributed by atoms with Crippen molar-refractivity contribution in [3.63, 3.8) is 0 Å². The Labute approximate surface area is 183 Å². The fraction of sp³-hybridized carbons (Fsp3) is 0.409. The van der Waals surface area contributed by atoms with Crippen LogP contribution in [0.25, 0.3) is 0 Å². The molecule has 0 atom stereocenters. The van der Waals surface area contributed by atoms with Crippen LogP contribution in [0.1, 0.15) is 35.7 Å². The Bertz CT molecular complexity index is 942. The maximum Gasteiger partial charge on any atom is 0.339 e. The Morgan fingerprint density at radius 3 is 2.37 bits per heavy atom. The lowest BCUT2D eigenvalue weighted by Crippen LogP contribution is -2.40. The number of likely N-dealkylation sites (tertiary alicyclic amines) is 1. The third-order valence-corrected chi connectivity index (χ3v) is 7.61. The zero-order valence-electron chi connectivity index (χ0n) is 16.9. The molecule has 30 heavy (non-hydrogen) atoms. The van der Waals surface area contributed by atoms with E-state index in [1.54, 1.807) is 31.2 Å². The number of piperidine rings is 1. The lowest BCUT2D eigenvalue weighted by Gasteiger charge is -2.32. The van der Waals surface area contributed by atoms with Crippen LogP contribution in [0, 0.1) is 5.82 Å². The fourth-order valence-electron chi connectivity index (χ4n) is 3.65. The Morgan fingerprint density at radius 1 is 1.10 bits per heavy atom. The Kier molecular flexibility index (Phi) is 8.82. The largest absolute Gasteiger partial charge is 0.462 e. The summed E-state index contributed by atoms with van der Waals surface area (Å²) in [7, 11) is -3.62. The van der Waals surface area contributed by atoms with Crippen LogP contribution in [0.2, 0.25) is 0 Å². The molecule has 2 aromatic carbocycles. The van der Waals surface area contributed by atoms with Gasteiger partial charge in [0.25, 0.3) is 0 Å². The van der Waals surface area contributed by atoms with Gasteiger partial charge in [-0.1, -0.05) is 24.3 Å². The molecule has 0 N–H and O–H groups in total. The molecule has 0 unspecified atom stereocenters. The van der Waals surface area contributed by atoms with Crippen molar-refractivity contribution < 1.29 is 22.3 Å². The quantitative estimate of drug-likeness (QED) is 0.592. The predicted molar refractivity (Wildman–Crippen MR) is 116 cm³/mol. The molecule has 0 saturated carbocycles. The number of benzene rings is 2. The van der Waals surface area contributed by atoms with E-state index in [0.717, 1.165) is 18.5 Å². The normalized spacial score (nSPS) is 15.4. The number of nitrogens with zero attached hydrogens (tertiary/aromatic N) is 1. The van der Waals surface area contributed by atoms with E-state index in [1.807, 2.05) is 0 Å². The van der Waals surface area contributed by atoms with Crippen LogP contribution in [-0.4, -0.2) is 50.8 Å². The smallest absolute Gasteiger partial charge is 0.339 e. The van der Waals surface area contributed by atoms with Gasteiger partial charge in [-0.25, -0.2) is 17.6 Å². The van der Waals surface area contributed by atoms with Crippen molar-refractivity contribution in [1.29, 1.82) is 0 Å². The minimum atomic E-state index is -3.62. The summed E-state index contributed by atoms with van der Waals surface area (Å²) in [6, 6.07) is 12.7. The minimum absolute atomic E-state index is 0. The second-order valence-corrected chi connectivity index (χ2v) is 9.38. The van der Waals surface area contributed by atoms with Crippen LogP contribution in [0.3, 0.4) is 0 Å². The minimum Gasteiger partial charge on any atom is -0.462 e. The van der Waals surface area contributed by atoms with E-state index in [2.05, 4.69) is 4.90 Å². The maximum atomic E-state index is 13.2. The molecule has 3 rings (SSSR count). The molecule has 1 heterocycles. The zero-order valence-corrected chi connectivity index (χ0v) is 18.6. The van der Waals surface area contributed by atoms with Gasteiger partial charge in [0.05, 0.1) is 22.3 Å². The Morgan fingerprint density at radius 2 is 1.73 bits per heavy atom. The fourth-order valence-corrected chi connectivity index (χ4v) is 5.57. The molecular formula is C22H27ClFNO4S. The summed E-state index contributed by atoms with van der Waals surface area (Å²) >= 11 is 0. The number of halogens is 2. The first-order valence-corrected chi connectivity index (χ1v) is 11.4. The number of rotatable bonds is 7. The Balaban J connectivity index is 0.00000320. The molecular weight excluding hydrogens is 429 g/mol. The summed E-state index contributed by atoms with van der Waals surface area (Å²) in [6.45, 7) is 4.04. The molecule has 5 nitrogen and oxygen atoms in total. The summed E-state index contributed by atoms with van der Waals surface area (Å²) in [4.78, 5) is 14.5. The molecule has 0 spiro atoms. The molecule has 0 amide bonds. The molecule has 1 saturated heterocycles. The van der Waals surface area contributed by atoms with E-state index in [9.17, 15) is 17.6 Å². The first kappa shape index (κ1) is 24.3. The van der Waals surface area contributed by atoms with Gasteiger partial charge in [-0.2, -0.15) is 0 Å².